The van der Waals surface area contributed by atoms with E-state index >= 15 is 0 Å². The second kappa shape index (κ2) is 9.66. The van der Waals surface area contributed by atoms with E-state index in [2.05, 4.69) is 31.9 Å². The van der Waals surface area contributed by atoms with E-state index in [9.17, 15) is 14.7 Å². The Balaban J connectivity index is 1.84. The molecule has 0 spiro atoms. The largest absolute Gasteiger partial charge is 0.465 e. The topological polar surface area (TPSA) is 94.6 Å². The molecule has 0 bridgehead atoms. The molecule has 9 nitrogen and oxygen atoms in total. The molecular weight excluding hydrogens is 500 g/mol. The summed E-state index contributed by atoms with van der Waals surface area (Å²) in [4.78, 5) is 34.4. The first-order valence-corrected chi connectivity index (χ1v) is 17.0. The number of methoxy groups -OCH3 is 1. The number of ether oxygens (including phenoxy) is 1. The Hall–Kier alpha value is -2.40. The fourth-order valence-electron chi connectivity index (χ4n) is 6.12. The van der Waals surface area contributed by atoms with Gasteiger partial charge in [-0.05, 0) is 53.0 Å². The number of carboxylic acid groups (broad SMARTS) is 1. The molecule has 2 N–H and O–H groups in total. The average molecular weight is 545 g/mol. The Kier molecular flexibility index (Phi) is 7.27. The summed E-state index contributed by atoms with van der Waals surface area (Å²) in [6.07, 6.45) is 1.15. The normalized spacial score (nSPS) is 23.8. The van der Waals surface area contributed by atoms with Crippen molar-refractivity contribution >= 4 is 20.1 Å². The van der Waals surface area contributed by atoms with E-state index in [1.807, 2.05) is 63.0 Å². The van der Waals surface area contributed by atoms with Crippen LogP contribution in [0.2, 0.25) is 24.7 Å². The molecule has 0 radical (unpaired) electrons. The van der Waals surface area contributed by atoms with Gasteiger partial charge in [0.05, 0.1) is 31.9 Å². The number of hydrazine groups is 1. The summed E-state index contributed by atoms with van der Waals surface area (Å²) in [5.41, 5.74) is 1.84. The molecule has 38 heavy (non-hydrogen) atoms. The van der Waals surface area contributed by atoms with Crippen LogP contribution in [0.1, 0.15) is 65.5 Å². The Bertz CT molecular complexity index is 1110. The third kappa shape index (κ3) is 4.55. The number of nitrogens with zero attached hydrogens (tertiary/aromatic N) is 3. The van der Waals surface area contributed by atoms with Gasteiger partial charge in [0.25, 0.3) is 0 Å². The number of rotatable bonds is 8. The predicted octanol–water partition coefficient (Wildman–Crippen LogP) is 5.33. The van der Waals surface area contributed by atoms with Gasteiger partial charge in [-0.1, -0.05) is 61.6 Å². The van der Waals surface area contributed by atoms with Crippen LogP contribution in [-0.4, -0.2) is 71.4 Å². The van der Waals surface area contributed by atoms with Gasteiger partial charge in [0.1, 0.15) is 0 Å². The summed E-state index contributed by atoms with van der Waals surface area (Å²) < 4.78 is 5.65. The monoisotopic (exact) mass is 544 g/mol. The average Bonchev–Trinajstić information content (AvgIpc) is 3.23. The molecule has 0 saturated heterocycles. The van der Waals surface area contributed by atoms with Crippen LogP contribution in [0.15, 0.2) is 41.6 Å². The van der Waals surface area contributed by atoms with Gasteiger partial charge in [-0.15, -0.1) is 0 Å². The van der Waals surface area contributed by atoms with Crippen LogP contribution in [-0.2, 0) is 14.4 Å². The van der Waals surface area contributed by atoms with Gasteiger partial charge in [-0.25, -0.2) is 9.63 Å². The molecule has 1 aromatic rings. The lowest BCUT2D eigenvalue weighted by molar-refractivity contribution is -0.395. The molecule has 3 aliphatic rings. The number of nitrogens with one attached hydrogen (secondary N) is 1. The van der Waals surface area contributed by atoms with Crippen LogP contribution >= 0.6 is 0 Å². The van der Waals surface area contributed by atoms with Crippen molar-refractivity contribution in [1.29, 1.82) is 0 Å². The molecule has 2 atom stereocenters. The zero-order chi connectivity index (χ0) is 28.3. The first kappa shape index (κ1) is 28.6. The minimum absolute atomic E-state index is 0.0318. The van der Waals surface area contributed by atoms with Crippen LogP contribution < -0.4 is 5.32 Å². The molecule has 210 valence electrons. The van der Waals surface area contributed by atoms with E-state index in [0.717, 1.165) is 36.1 Å². The third-order valence-electron chi connectivity index (χ3n) is 8.91. The van der Waals surface area contributed by atoms with E-state index in [0.29, 0.717) is 0 Å². The van der Waals surface area contributed by atoms with Crippen molar-refractivity contribution in [2.45, 2.75) is 102 Å². The number of hydrogen-bond acceptors (Lipinski definition) is 6. The van der Waals surface area contributed by atoms with Crippen molar-refractivity contribution < 1.29 is 24.3 Å². The van der Waals surface area contributed by atoms with Crippen LogP contribution in [0.4, 0.5) is 4.79 Å². The summed E-state index contributed by atoms with van der Waals surface area (Å²) in [7, 11) is -0.266. The maximum Gasteiger partial charge on any atom is 0.408 e. The Morgan fingerprint density at radius 3 is 2.24 bits per heavy atom. The number of amides is 2. The highest BCUT2D eigenvalue weighted by Gasteiger charge is 2.59. The van der Waals surface area contributed by atoms with Gasteiger partial charge in [-0.3, -0.25) is 14.7 Å². The smallest absolute Gasteiger partial charge is 0.408 e. The fraction of sp³-hybridized carbons (Fsp3) is 0.643. The van der Waals surface area contributed by atoms with Crippen LogP contribution in [0.25, 0.3) is 0 Å². The van der Waals surface area contributed by atoms with Crippen LogP contribution in [0, 0.1) is 0 Å². The van der Waals surface area contributed by atoms with Crippen molar-refractivity contribution in [2.24, 2.45) is 0 Å². The lowest BCUT2D eigenvalue weighted by atomic mass is 9.83. The molecule has 1 fully saturated rings. The lowest BCUT2D eigenvalue weighted by Crippen LogP contribution is -2.62. The molecule has 1 unspecified atom stereocenters. The van der Waals surface area contributed by atoms with E-state index in [4.69, 9.17) is 9.57 Å². The van der Waals surface area contributed by atoms with Crippen molar-refractivity contribution in [3.05, 3.63) is 47.2 Å². The van der Waals surface area contributed by atoms with Gasteiger partial charge in [0.2, 0.25) is 5.91 Å². The lowest BCUT2D eigenvalue weighted by Gasteiger charge is -2.50. The maximum atomic E-state index is 14.1. The maximum absolute atomic E-state index is 14.1. The van der Waals surface area contributed by atoms with Gasteiger partial charge in [-0.2, -0.15) is 0 Å². The van der Waals surface area contributed by atoms with Gasteiger partial charge < -0.3 is 15.2 Å². The highest BCUT2D eigenvalue weighted by Crippen LogP contribution is 2.56. The molecular formula is C28H44N4O5Si. The second-order valence-corrected chi connectivity index (χ2v) is 18.2. The highest BCUT2D eigenvalue weighted by molar-refractivity contribution is 6.82. The summed E-state index contributed by atoms with van der Waals surface area (Å²) in [5.74, 6) is -0.967. The number of carbonyl (C=O) groups is 2. The Labute approximate surface area is 227 Å². The second-order valence-electron chi connectivity index (χ2n) is 12.8. The third-order valence-corrected chi connectivity index (χ3v) is 12.5. The zero-order valence-electron chi connectivity index (χ0n) is 24.3. The Morgan fingerprint density at radius 2 is 1.76 bits per heavy atom. The van der Waals surface area contributed by atoms with Crippen LogP contribution in [0.5, 0.6) is 0 Å². The summed E-state index contributed by atoms with van der Waals surface area (Å²) >= 11 is 0. The zero-order valence-corrected chi connectivity index (χ0v) is 25.3. The molecule has 1 aromatic carbocycles. The van der Waals surface area contributed by atoms with Crippen molar-refractivity contribution in [2.75, 3.05) is 13.7 Å². The van der Waals surface area contributed by atoms with E-state index in [1.165, 1.54) is 4.90 Å². The standard InChI is InChI=1S/C28H44N4O5Si/c1-19(20-14-11-10-12-15-20)31-22-21(18-30(25(34)35)26(22,2)3)23(32(31)37-27(4,5)36-6)29-24(33)28(16-13-17-28)38(7,8)9/h10-12,14-15,19,23H,13,16-18H2,1-9H3,(H,29,33)(H,34,35)/t19?,23-/m0/s1. The minimum atomic E-state index is -1.85. The van der Waals surface area contributed by atoms with Crippen LogP contribution in [0.3, 0.4) is 0 Å². The molecule has 1 saturated carbocycles. The minimum Gasteiger partial charge on any atom is -0.465 e. The Morgan fingerprint density at radius 1 is 1.16 bits per heavy atom. The number of hydrogen-bond donors (Lipinski definition) is 2. The van der Waals surface area contributed by atoms with Crippen molar-refractivity contribution in [3.63, 3.8) is 0 Å². The van der Waals surface area contributed by atoms with Crippen molar-refractivity contribution in [3.8, 4) is 0 Å². The first-order chi connectivity index (χ1) is 17.6. The van der Waals surface area contributed by atoms with Crippen molar-refractivity contribution in [1.82, 2.24) is 20.4 Å². The predicted molar refractivity (Wildman–Crippen MR) is 148 cm³/mol. The summed E-state index contributed by atoms with van der Waals surface area (Å²) in [5, 5.41) is 16.9. The number of hydroxylamine groups is 1. The molecule has 2 amide bonds. The quantitative estimate of drug-likeness (QED) is 0.338. The molecule has 10 heteroatoms. The van der Waals surface area contributed by atoms with E-state index in [1.54, 1.807) is 12.3 Å². The van der Waals surface area contributed by atoms with E-state index in [-0.39, 0.29) is 23.5 Å². The van der Waals surface area contributed by atoms with E-state index < -0.39 is 31.7 Å². The SMILES string of the molecule is COC(C)(C)ON1[C@H](NC(=O)C2([Si](C)(C)C)CCC2)C2=C(N1C(C)c1ccccc1)C(C)(C)N(C(=O)O)C2. The van der Waals surface area contributed by atoms with Gasteiger partial charge in [0, 0.05) is 17.7 Å². The number of carbonyl (C=O) groups excluding carboxylic acids is 1. The number of benzene rings is 1. The molecule has 2 aliphatic heterocycles. The first-order valence-electron chi connectivity index (χ1n) is 13.5. The fourth-order valence-corrected chi connectivity index (χ4v) is 8.73. The molecule has 2 heterocycles. The molecule has 0 aromatic heterocycles. The van der Waals surface area contributed by atoms with Gasteiger partial charge >= 0.3 is 6.09 Å². The summed E-state index contributed by atoms with van der Waals surface area (Å²) in [6.45, 7) is 16.5. The van der Waals surface area contributed by atoms with Gasteiger partial charge in [0.15, 0.2) is 12.0 Å². The summed E-state index contributed by atoms with van der Waals surface area (Å²) in [6, 6.07) is 9.82. The molecule has 4 rings (SSSR count). The highest BCUT2D eigenvalue weighted by atomic mass is 28.3. The molecule has 1 aliphatic carbocycles.